The minimum absolute atomic E-state index is 0.0334. The van der Waals surface area contributed by atoms with Crippen LogP contribution in [-0.2, 0) is 16.1 Å². The number of halogens is 2. The number of hydrogen-bond acceptors (Lipinski definition) is 3. The molecule has 0 saturated carbocycles. The maximum Gasteiger partial charge on any atom is 0.409 e. The number of benzene rings is 2. The van der Waals surface area contributed by atoms with Crippen LogP contribution in [0.4, 0.5) is 13.6 Å². The minimum Gasteiger partial charge on any atom is -0.450 e. The van der Waals surface area contributed by atoms with Crippen LogP contribution in [0.3, 0.4) is 0 Å². The summed E-state index contributed by atoms with van der Waals surface area (Å²) in [5.41, 5.74) is 1.53. The van der Waals surface area contributed by atoms with Crippen LogP contribution in [-0.4, -0.2) is 41.5 Å². The van der Waals surface area contributed by atoms with Gasteiger partial charge in [-0.3, -0.25) is 4.79 Å². The first-order chi connectivity index (χ1) is 15.4. The summed E-state index contributed by atoms with van der Waals surface area (Å²) in [7, 11) is 0. The van der Waals surface area contributed by atoms with Gasteiger partial charge < -0.3 is 14.5 Å². The van der Waals surface area contributed by atoms with E-state index in [2.05, 4.69) is 0 Å². The molecule has 0 N–H and O–H groups in total. The van der Waals surface area contributed by atoms with E-state index in [1.807, 2.05) is 6.92 Å². The molecule has 0 aliphatic carbocycles. The Morgan fingerprint density at radius 2 is 1.75 bits per heavy atom. The second kappa shape index (κ2) is 11.1. The van der Waals surface area contributed by atoms with Gasteiger partial charge >= 0.3 is 6.09 Å². The average Bonchev–Trinajstić information content (AvgIpc) is 2.80. The molecule has 0 aromatic heterocycles. The molecule has 1 saturated heterocycles. The van der Waals surface area contributed by atoms with Crippen molar-refractivity contribution in [1.29, 1.82) is 0 Å². The lowest BCUT2D eigenvalue weighted by molar-refractivity contribution is -0.140. The molecule has 7 heteroatoms. The van der Waals surface area contributed by atoms with E-state index in [0.29, 0.717) is 44.5 Å². The van der Waals surface area contributed by atoms with Crippen molar-refractivity contribution in [3.05, 3.63) is 71.3 Å². The number of carbonyl (C=O) groups excluding carboxylic acids is 2. The molecule has 32 heavy (non-hydrogen) atoms. The maximum absolute atomic E-state index is 13.8. The third-order valence-corrected chi connectivity index (χ3v) is 5.91. The van der Waals surface area contributed by atoms with E-state index < -0.39 is 0 Å². The Morgan fingerprint density at radius 3 is 2.34 bits per heavy atom. The number of rotatable bonds is 7. The summed E-state index contributed by atoms with van der Waals surface area (Å²) < 4.78 is 32.4. The number of amides is 2. The zero-order valence-corrected chi connectivity index (χ0v) is 18.6. The van der Waals surface area contributed by atoms with Crippen molar-refractivity contribution in [2.24, 2.45) is 5.92 Å². The number of hydrogen-bond donors (Lipinski definition) is 0. The number of nitrogens with zero attached hydrogens (tertiary/aromatic N) is 2. The van der Waals surface area contributed by atoms with Gasteiger partial charge in [0.1, 0.15) is 11.6 Å². The summed E-state index contributed by atoms with van der Waals surface area (Å²) in [5, 5.41) is 0. The third-order valence-electron chi connectivity index (χ3n) is 5.91. The van der Waals surface area contributed by atoms with Crippen LogP contribution in [0.15, 0.2) is 48.5 Å². The predicted molar refractivity (Wildman–Crippen MR) is 118 cm³/mol. The van der Waals surface area contributed by atoms with Gasteiger partial charge in [0.25, 0.3) is 0 Å². The highest BCUT2D eigenvalue weighted by molar-refractivity contribution is 5.80. The Bertz CT molecular complexity index is 912. The molecular weight excluding hydrogens is 414 g/mol. The van der Waals surface area contributed by atoms with Crippen LogP contribution >= 0.6 is 0 Å². The van der Waals surface area contributed by atoms with Crippen molar-refractivity contribution in [2.45, 2.75) is 45.7 Å². The van der Waals surface area contributed by atoms with Crippen LogP contribution in [0.1, 0.15) is 50.3 Å². The summed E-state index contributed by atoms with van der Waals surface area (Å²) >= 11 is 0. The highest BCUT2D eigenvalue weighted by Gasteiger charge is 2.33. The summed E-state index contributed by atoms with van der Waals surface area (Å²) in [5.74, 6) is -0.969. The summed E-state index contributed by atoms with van der Waals surface area (Å²) in [6.07, 6.45) is 1.36. The van der Waals surface area contributed by atoms with Crippen molar-refractivity contribution in [2.75, 3.05) is 19.7 Å². The zero-order chi connectivity index (χ0) is 23.1. The molecular formula is C25H30F2N2O3. The summed E-state index contributed by atoms with van der Waals surface area (Å²) in [6, 6.07) is 12.1. The van der Waals surface area contributed by atoms with Gasteiger partial charge in [0, 0.05) is 25.6 Å². The number of ether oxygens (including phenoxy) is 1. The number of carbonyl (C=O) groups is 2. The van der Waals surface area contributed by atoms with Gasteiger partial charge in [-0.25, -0.2) is 13.6 Å². The quantitative estimate of drug-likeness (QED) is 0.581. The molecule has 2 aromatic carbocycles. The van der Waals surface area contributed by atoms with Gasteiger partial charge in [-0.15, -0.1) is 0 Å². The lowest BCUT2D eigenvalue weighted by Gasteiger charge is -2.37. The van der Waals surface area contributed by atoms with Gasteiger partial charge in [0.2, 0.25) is 5.91 Å². The average molecular weight is 445 g/mol. The molecule has 0 spiro atoms. The van der Waals surface area contributed by atoms with Crippen molar-refractivity contribution in [1.82, 2.24) is 9.80 Å². The smallest absolute Gasteiger partial charge is 0.409 e. The summed E-state index contributed by atoms with van der Waals surface area (Å²) in [6.45, 7) is 5.22. The van der Waals surface area contributed by atoms with Crippen LogP contribution in [0.25, 0.3) is 0 Å². The van der Waals surface area contributed by atoms with Crippen molar-refractivity contribution in [3.8, 4) is 0 Å². The molecule has 2 aromatic rings. The summed E-state index contributed by atoms with van der Waals surface area (Å²) in [4.78, 5) is 29.0. The van der Waals surface area contributed by atoms with E-state index in [9.17, 15) is 18.4 Å². The first kappa shape index (κ1) is 23.7. The van der Waals surface area contributed by atoms with Gasteiger partial charge in [0.05, 0.1) is 12.6 Å². The number of piperidine rings is 1. The van der Waals surface area contributed by atoms with E-state index in [4.69, 9.17) is 4.74 Å². The SMILES string of the molecule is CCOC(=O)N1CCC(C(=O)N(Cc2cccc(F)c2)C(CC)c2ccc(F)cc2)CC1. The standard InChI is InChI=1S/C25H30F2N2O3/c1-3-23(19-8-10-21(26)11-9-19)29(17-18-6-5-7-22(27)16-18)24(30)20-12-14-28(15-13-20)25(31)32-4-2/h5-11,16,20,23H,3-4,12-15,17H2,1-2H3. The topological polar surface area (TPSA) is 49.9 Å². The van der Waals surface area contributed by atoms with E-state index in [-0.39, 0.29) is 42.1 Å². The normalized spacial score (nSPS) is 15.3. The Hall–Kier alpha value is -2.96. The molecule has 0 radical (unpaired) electrons. The largest absolute Gasteiger partial charge is 0.450 e. The maximum atomic E-state index is 13.8. The van der Waals surface area contributed by atoms with E-state index in [1.165, 1.54) is 24.3 Å². The fraction of sp³-hybridized carbons (Fsp3) is 0.440. The highest BCUT2D eigenvalue weighted by Crippen LogP contribution is 2.31. The van der Waals surface area contributed by atoms with Crippen LogP contribution in [0, 0.1) is 17.6 Å². The fourth-order valence-corrected chi connectivity index (χ4v) is 4.25. The van der Waals surface area contributed by atoms with Gasteiger partial charge in [0.15, 0.2) is 0 Å². The molecule has 1 aliphatic rings. The van der Waals surface area contributed by atoms with Crippen molar-refractivity contribution in [3.63, 3.8) is 0 Å². The Kier molecular flexibility index (Phi) is 8.20. The minimum atomic E-state index is -0.354. The second-order valence-corrected chi connectivity index (χ2v) is 8.03. The van der Waals surface area contributed by atoms with E-state index >= 15 is 0 Å². The van der Waals surface area contributed by atoms with E-state index in [1.54, 1.807) is 41.0 Å². The molecule has 172 valence electrons. The molecule has 0 bridgehead atoms. The lowest BCUT2D eigenvalue weighted by Crippen LogP contribution is -2.45. The van der Waals surface area contributed by atoms with Crippen LogP contribution in [0.2, 0.25) is 0 Å². The Morgan fingerprint density at radius 1 is 1.06 bits per heavy atom. The monoisotopic (exact) mass is 444 g/mol. The van der Waals surface area contributed by atoms with Crippen LogP contribution < -0.4 is 0 Å². The predicted octanol–water partition coefficient (Wildman–Crippen LogP) is 5.31. The van der Waals surface area contributed by atoms with Crippen LogP contribution in [0.5, 0.6) is 0 Å². The lowest BCUT2D eigenvalue weighted by atomic mass is 9.93. The Labute approximate surface area is 188 Å². The first-order valence-electron chi connectivity index (χ1n) is 11.1. The molecule has 2 amide bonds. The highest BCUT2D eigenvalue weighted by atomic mass is 19.1. The fourth-order valence-electron chi connectivity index (χ4n) is 4.25. The van der Waals surface area contributed by atoms with Crippen molar-refractivity contribution >= 4 is 12.0 Å². The second-order valence-electron chi connectivity index (χ2n) is 8.03. The number of likely N-dealkylation sites (tertiary alicyclic amines) is 1. The van der Waals surface area contributed by atoms with Crippen molar-refractivity contribution < 1.29 is 23.1 Å². The van der Waals surface area contributed by atoms with E-state index in [0.717, 1.165) is 5.56 Å². The molecule has 1 atom stereocenters. The third kappa shape index (κ3) is 5.84. The molecule has 3 rings (SSSR count). The van der Waals surface area contributed by atoms with Gasteiger partial charge in [-0.2, -0.15) is 0 Å². The Balaban J connectivity index is 1.82. The molecule has 1 aliphatic heterocycles. The molecule has 1 heterocycles. The molecule has 1 unspecified atom stereocenters. The molecule has 1 fully saturated rings. The zero-order valence-electron chi connectivity index (χ0n) is 18.6. The van der Waals surface area contributed by atoms with Gasteiger partial charge in [-0.05, 0) is 61.6 Å². The first-order valence-corrected chi connectivity index (χ1v) is 11.1. The molecule has 5 nitrogen and oxygen atoms in total. The van der Waals surface area contributed by atoms with Gasteiger partial charge in [-0.1, -0.05) is 31.2 Å².